The Labute approximate surface area is 108 Å². The van der Waals surface area contributed by atoms with Crippen LogP contribution >= 0.6 is 0 Å². The van der Waals surface area contributed by atoms with Crippen molar-refractivity contribution in [3.05, 3.63) is 29.6 Å². The topological polar surface area (TPSA) is 43.8 Å². The predicted molar refractivity (Wildman–Crippen MR) is 74.5 cm³/mol. The van der Waals surface area contributed by atoms with Crippen LogP contribution in [0.3, 0.4) is 0 Å². The van der Waals surface area contributed by atoms with Crippen molar-refractivity contribution < 1.29 is 0 Å². The molecule has 1 aliphatic rings. The molecule has 1 fully saturated rings. The molecule has 2 aromatic rings. The summed E-state index contributed by atoms with van der Waals surface area (Å²) < 4.78 is 2.42. The van der Waals surface area contributed by atoms with Gasteiger partial charge in [0, 0.05) is 19.0 Å². The maximum absolute atomic E-state index is 5.71. The highest BCUT2D eigenvalue weighted by Crippen LogP contribution is 2.37. The average molecular weight is 243 g/mol. The highest BCUT2D eigenvalue weighted by atomic mass is 15.1. The van der Waals surface area contributed by atoms with Gasteiger partial charge in [-0.1, -0.05) is 19.4 Å². The van der Waals surface area contributed by atoms with Crippen LogP contribution in [-0.2, 0) is 13.1 Å². The Hall–Kier alpha value is -1.35. The smallest absolute Gasteiger partial charge is 0.112 e. The van der Waals surface area contributed by atoms with Gasteiger partial charge in [0.2, 0.25) is 0 Å². The second kappa shape index (κ2) is 4.73. The standard InChI is InChI=1S/C15H21N3/c1-2-8-18-14-7-6-11(10-16)9-13(14)17-15(18)12-4-3-5-12/h6-7,9,12H,2-5,8,10,16H2,1H3. The third-order valence-electron chi connectivity index (χ3n) is 4.00. The van der Waals surface area contributed by atoms with Crippen LogP contribution in [0.15, 0.2) is 18.2 Å². The summed E-state index contributed by atoms with van der Waals surface area (Å²) in [6.07, 6.45) is 5.12. The summed E-state index contributed by atoms with van der Waals surface area (Å²) in [4.78, 5) is 4.87. The molecule has 0 bridgehead atoms. The fourth-order valence-corrected chi connectivity index (χ4v) is 2.76. The first-order valence-electron chi connectivity index (χ1n) is 7.02. The van der Waals surface area contributed by atoms with Crippen LogP contribution in [-0.4, -0.2) is 9.55 Å². The summed E-state index contributed by atoms with van der Waals surface area (Å²) in [6, 6.07) is 6.45. The largest absolute Gasteiger partial charge is 0.328 e. The summed E-state index contributed by atoms with van der Waals surface area (Å²) in [5.74, 6) is 1.98. The lowest BCUT2D eigenvalue weighted by Gasteiger charge is -2.25. The molecule has 3 nitrogen and oxygen atoms in total. The molecule has 18 heavy (non-hydrogen) atoms. The summed E-state index contributed by atoms with van der Waals surface area (Å²) >= 11 is 0. The Kier molecular flexibility index (Phi) is 3.08. The Morgan fingerprint density at radius 2 is 2.22 bits per heavy atom. The lowest BCUT2D eigenvalue weighted by Crippen LogP contribution is -2.15. The minimum absolute atomic E-state index is 0.593. The van der Waals surface area contributed by atoms with Crippen LogP contribution in [0.1, 0.15) is 49.9 Å². The van der Waals surface area contributed by atoms with Crippen LogP contribution in [0.25, 0.3) is 11.0 Å². The molecular formula is C15H21N3. The molecule has 1 aromatic carbocycles. The fraction of sp³-hybridized carbons (Fsp3) is 0.533. The summed E-state index contributed by atoms with van der Waals surface area (Å²) in [5.41, 5.74) is 9.27. The molecule has 1 aliphatic carbocycles. The maximum atomic E-state index is 5.71. The van der Waals surface area contributed by atoms with Gasteiger partial charge in [0.25, 0.3) is 0 Å². The molecule has 0 radical (unpaired) electrons. The summed E-state index contributed by atoms with van der Waals surface area (Å²) in [7, 11) is 0. The highest BCUT2D eigenvalue weighted by molar-refractivity contribution is 5.77. The third kappa shape index (κ3) is 1.83. The van der Waals surface area contributed by atoms with Crippen molar-refractivity contribution in [3.8, 4) is 0 Å². The molecule has 1 aromatic heterocycles. The van der Waals surface area contributed by atoms with E-state index in [0.29, 0.717) is 12.5 Å². The van der Waals surface area contributed by atoms with E-state index < -0.39 is 0 Å². The zero-order valence-electron chi connectivity index (χ0n) is 11.0. The number of aryl methyl sites for hydroxylation is 1. The monoisotopic (exact) mass is 243 g/mol. The average Bonchev–Trinajstić information content (AvgIpc) is 2.65. The minimum atomic E-state index is 0.593. The van der Waals surface area contributed by atoms with Gasteiger partial charge in [0.1, 0.15) is 5.82 Å². The third-order valence-corrected chi connectivity index (χ3v) is 4.00. The van der Waals surface area contributed by atoms with Crippen molar-refractivity contribution in [3.63, 3.8) is 0 Å². The van der Waals surface area contributed by atoms with Gasteiger partial charge in [-0.25, -0.2) is 4.98 Å². The number of rotatable bonds is 4. The van der Waals surface area contributed by atoms with Crippen molar-refractivity contribution in [1.29, 1.82) is 0 Å². The molecule has 3 rings (SSSR count). The van der Waals surface area contributed by atoms with E-state index in [0.717, 1.165) is 18.5 Å². The van der Waals surface area contributed by atoms with E-state index in [9.17, 15) is 0 Å². The van der Waals surface area contributed by atoms with E-state index in [1.807, 2.05) is 0 Å². The van der Waals surface area contributed by atoms with Gasteiger partial charge < -0.3 is 10.3 Å². The lowest BCUT2D eigenvalue weighted by molar-refractivity contribution is 0.388. The van der Waals surface area contributed by atoms with Crippen LogP contribution in [0.2, 0.25) is 0 Å². The van der Waals surface area contributed by atoms with E-state index in [2.05, 4.69) is 29.7 Å². The molecule has 0 aliphatic heterocycles. The number of benzene rings is 1. The first-order valence-corrected chi connectivity index (χ1v) is 7.02. The molecule has 0 spiro atoms. The molecule has 2 N–H and O–H groups in total. The number of hydrogen-bond acceptors (Lipinski definition) is 2. The van der Waals surface area contributed by atoms with Gasteiger partial charge >= 0.3 is 0 Å². The first-order chi connectivity index (χ1) is 8.83. The van der Waals surface area contributed by atoms with Gasteiger partial charge in [-0.15, -0.1) is 0 Å². The number of hydrogen-bond donors (Lipinski definition) is 1. The predicted octanol–water partition coefficient (Wildman–Crippen LogP) is 3.17. The highest BCUT2D eigenvalue weighted by Gasteiger charge is 2.25. The van der Waals surface area contributed by atoms with Crippen molar-refractivity contribution in [2.75, 3.05) is 0 Å². The van der Waals surface area contributed by atoms with Crippen LogP contribution in [0, 0.1) is 0 Å². The van der Waals surface area contributed by atoms with Crippen LogP contribution in [0.5, 0.6) is 0 Å². The summed E-state index contributed by atoms with van der Waals surface area (Å²) in [6.45, 7) is 3.89. The normalized spacial score (nSPS) is 16.1. The van der Waals surface area contributed by atoms with Gasteiger partial charge in [-0.05, 0) is 37.0 Å². The second-order valence-electron chi connectivity index (χ2n) is 5.28. The van der Waals surface area contributed by atoms with Crippen molar-refractivity contribution in [2.45, 2.75) is 51.6 Å². The molecule has 1 heterocycles. The molecule has 0 atom stereocenters. The van der Waals surface area contributed by atoms with E-state index in [1.165, 1.54) is 36.2 Å². The lowest BCUT2D eigenvalue weighted by atomic mass is 9.85. The van der Waals surface area contributed by atoms with Gasteiger partial charge in [-0.2, -0.15) is 0 Å². The molecule has 0 unspecified atom stereocenters. The zero-order valence-corrected chi connectivity index (χ0v) is 11.0. The number of nitrogens with zero attached hydrogens (tertiary/aromatic N) is 2. The number of imidazole rings is 1. The molecular weight excluding hydrogens is 222 g/mol. The Morgan fingerprint density at radius 3 is 2.83 bits per heavy atom. The first kappa shape index (κ1) is 11.7. The Morgan fingerprint density at radius 1 is 1.39 bits per heavy atom. The second-order valence-corrected chi connectivity index (χ2v) is 5.28. The van der Waals surface area contributed by atoms with E-state index >= 15 is 0 Å². The van der Waals surface area contributed by atoms with Gasteiger partial charge in [0.05, 0.1) is 11.0 Å². The molecule has 3 heteroatoms. The fourth-order valence-electron chi connectivity index (χ4n) is 2.76. The van der Waals surface area contributed by atoms with E-state index in [4.69, 9.17) is 10.7 Å². The molecule has 96 valence electrons. The number of fused-ring (bicyclic) bond motifs is 1. The quantitative estimate of drug-likeness (QED) is 0.896. The minimum Gasteiger partial charge on any atom is -0.328 e. The van der Waals surface area contributed by atoms with Crippen LogP contribution < -0.4 is 5.73 Å². The number of nitrogens with two attached hydrogens (primary N) is 1. The van der Waals surface area contributed by atoms with Crippen LogP contribution in [0.4, 0.5) is 0 Å². The van der Waals surface area contributed by atoms with Crippen molar-refractivity contribution in [1.82, 2.24) is 9.55 Å². The van der Waals surface area contributed by atoms with Gasteiger partial charge in [-0.3, -0.25) is 0 Å². The Bertz CT molecular complexity index is 552. The van der Waals surface area contributed by atoms with E-state index in [-0.39, 0.29) is 0 Å². The summed E-state index contributed by atoms with van der Waals surface area (Å²) in [5, 5.41) is 0. The SMILES string of the molecule is CCCn1c(C2CCC2)nc2cc(CN)ccc21. The molecule has 0 saturated heterocycles. The van der Waals surface area contributed by atoms with E-state index in [1.54, 1.807) is 0 Å². The Balaban J connectivity index is 2.11. The maximum Gasteiger partial charge on any atom is 0.112 e. The zero-order chi connectivity index (χ0) is 12.5. The van der Waals surface area contributed by atoms with Crippen molar-refractivity contribution in [2.24, 2.45) is 5.73 Å². The molecule has 0 amide bonds. The van der Waals surface area contributed by atoms with Gasteiger partial charge in [0.15, 0.2) is 0 Å². The van der Waals surface area contributed by atoms with Crippen molar-refractivity contribution >= 4 is 11.0 Å². The number of aromatic nitrogens is 2. The molecule has 1 saturated carbocycles.